The fraction of sp³-hybridized carbons (Fsp3) is 0.333. The molecule has 0 spiro atoms. The number of aliphatic hydroxyl groups excluding tert-OH is 1. The number of aryl methyl sites for hydroxylation is 1. The van der Waals surface area contributed by atoms with Crippen molar-refractivity contribution in [1.82, 2.24) is 14.5 Å². The maximum Gasteiger partial charge on any atom is 0.293 e. The molecule has 2 aromatic carbocycles. The number of nitrogens with zero attached hydrogens (tertiary/aromatic N) is 4. The number of amides is 1. The molecule has 1 unspecified atom stereocenters. The first kappa shape index (κ1) is 29.9. The van der Waals surface area contributed by atoms with E-state index in [0.717, 1.165) is 34.6 Å². The molecule has 0 bridgehead atoms. The number of anilines is 4. The number of rotatable bonds is 7. The molecule has 1 aliphatic heterocycles. The van der Waals surface area contributed by atoms with Gasteiger partial charge >= 0.3 is 0 Å². The highest BCUT2D eigenvalue weighted by molar-refractivity contribution is 6.03. The van der Waals surface area contributed by atoms with Crippen LogP contribution in [-0.2, 0) is 17.2 Å². The Hall–Kier alpha value is -4.54. The molecule has 0 aliphatic carbocycles. The number of aromatic nitrogens is 3. The molecule has 2 aromatic heterocycles. The molecule has 0 radical (unpaired) electrons. The van der Waals surface area contributed by atoms with Crippen molar-refractivity contribution in [2.24, 2.45) is 7.05 Å². The van der Waals surface area contributed by atoms with Gasteiger partial charge in [0.15, 0.2) is 5.82 Å². The molecule has 1 aliphatic rings. The minimum Gasteiger partial charge on any atom is -0.394 e. The van der Waals surface area contributed by atoms with Crippen molar-refractivity contribution in [3.8, 4) is 11.3 Å². The summed E-state index contributed by atoms with van der Waals surface area (Å²) in [6.45, 7) is 10.1. The van der Waals surface area contributed by atoms with Crippen molar-refractivity contribution in [3.63, 3.8) is 0 Å². The molecule has 1 amide bonds. The summed E-state index contributed by atoms with van der Waals surface area (Å²) in [6, 6.07) is 17.0. The average Bonchev–Trinajstić information content (AvgIpc) is 3.00. The molecule has 5 rings (SSSR count). The number of ether oxygens (including phenoxy) is 1. The normalized spacial score (nSPS) is 15.3. The van der Waals surface area contributed by atoms with Crippen molar-refractivity contribution >= 4 is 28.8 Å². The summed E-state index contributed by atoms with van der Waals surface area (Å²) < 4.78 is 7.04. The van der Waals surface area contributed by atoms with Gasteiger partial charge in [-0.15, -0.1) is 0 Å². The third-order valence-corrected chi connectivity index (χ3v) is 7.63. The van der Waals surface area contributed by atoms with E-state index >= 15 is 0 Å². The van der Waals surface area contributed by atoms with Gasteiger partial charge in [-0.1, -0.05) is 39.0 Å². The molecule has 4 aromatic rings. The van der Waals surface area contributed by atoms with Crippen LogP contribution < -0.4 is 21.1 Å². The van der Waals surface area contributed by atoms with E-state index in [9.17, 15) is 14.7 Å². The van der Waals surface area contributed by atoms with E-state index in [1.165, 1.54) is 4.57 Å². The van der Waals surface area contributed by atoms with Gasteiger partial charge in [-0.25, -0.2) is 4.98 Å². The predicted molar refractivity (Wildman–Crippen MR) is 169 cm³/mol. The summed E-state index contributed by atoms with van der Waals surface area (Å²) in [5, 5.41) is 15.6. The lowest BCUT2D eigenvalue weighted by Gasteiger charge is -2.33. The summed E-state index contributed by atoms with van der Waals surface area (Å²) >= 11 is 0. The third-order valence-electron chi connectivity index (χ3n) is 7.63. The molecule has 3 heterocycles. The number of carbonyl (C=O) groups excluding carboxylic acids is 1. The van der Waals surface area contributed by atoms with Crippen LogP contribution in [0.25, 0.3) is 11.3 Å². The number of aliphatic hydroxyl groups is 1. The minimum absolute atomic E-state index is 0.0150. The molecule has 10 heteroatoms. The van der Waals surface area contributed by atoms with Crippen molar-refractivity contribution in [2.45, 2.75) is 39.2 Å². The van der Waals surface area contributed by atoms with Crippen LogP contribution in [0.15, 0.2) is 71.8 Å². The molecule has 0 saturated carbocycles. The van der Waals surface area contributed by atoms with Crippen molar-refractivity contribution in [1.29, 1.82) is 0 Å². The molecule has 1 saturated heterocycles. The number of morpholine rings is 1. The van der Waals surface area contributed by atoms with E-state index in [1.54, 1.807) is 25.5 Å². The average molecular weight is 583 g/mol. The Kier molecular flexibility index (Phi) is 8.61. The van der Waals surface area contributed by atoms with Gasteiger partial charge in [0.1, 0.15) is 5.69 Å². The summed E-state index contributed by atoms with van der Waals surface area (Å²) in [4.78, 5) is 37.2. The van der Waals surface area contributed by atoms with Gasteiger partial charge in [0.2, 0.25) is 0 Å². The summed E-state index contributed by atoms with van der Waals surface area (Å²) in [5.41, 5.74) is 5.62. The maximum atomic E-state index is 13.0. The lowest BCUT2D eigenvalue weighted by molar-refractivity contribution is 0.00357. The molecular weight excluding hydrogens is 544 g/mol. The van der Waals surface area contributed by atoms with Crippen molar-refractivity contribution < 1.29 is 14.6 Å². The SMILES string of the molecule is Cc1c(NC(=O)c2ccc(C(C)(C)C)cn2)cccc1-c1cn(C)c(=O)c(Nc2ccc(N3CCOC(CO)C3)cc2)n1. The Morgan fingerprint density at radius 1 is 1.12 bits per heavy atom. The molecule has 224 valence electrons. The monoisotopic (exact) mass is 582 g/mol. The number of benzene rings is 2. The highest BCUT2D eigenvalue weighted by atomic mass is 16.5. The topological polar surface area (TPSA) is 122 Å². The van der Waals surface area contributed by atoms with Crippen LogP contribution >= 0.6 is 0 Å². The lowest BCUT2D eigenvalue weighted by atomic mass is 9.88. The van der Waals surface area contributed by atoms with Crippen LogP contribution in [0.3, 0.4) is 0 Å². The number of carbonyl (C=O) groups is 1. The molecular formula is C33H38N6O4. The fourth-order valence-electron chi connectivity index (χ4n) is 4.98. The number of hydrogen-bond donors (Lipinski definition) is 3. The summed E-state index contributed by atoms with van der Waals surface area (Å²) in [5.74, 6) is -0.111. The highest BCUT2D eigenvalue weighted by Crippen LogP contribution is 2.29. The first-order chi connectivity index (χ1) is 20.5. The second-order valence-corrected chi connectivity index (χ2v) is 11.8. The van der Waals surface area contributed by atoms with Gasteiger partial charge < -0.3 is 29.9 Å². The maximum absolute atomic E-state index is 13.0. The third kappa shape index (κ3) is 6.76. The molecule has 1 atom stereocenters. The van der Waals surface area contributed by atoms with Crippen LogP contribution in [0.5, 0.6) is 0 Å². The van der Waals surface area contributed by atoms with Gasteiger partial charge in [0.25, 0.3) is 11.5 Å². The van der Waals surface area contributed by atoms with Crippen LogP contribution in [0.4, 0.5) is 22.9 Å². The molecule has 1 fully saturated rings. The number of hydrogen-bond acceptors (Lipinski definition) is 8. The van der Waals surface area contributed by atoms with Crippen molar-refractivity contribution in [2.75, 3.05) is 41.8 Å². The minimum atomic E-state index is -0.302. The van der Waals surface area contributed by atoms with Gasteiger partial charge in [0.05, 0.1) is 25.0 Å². The highest BCUT2D eigenvalue weighted by Gasteiger charge is 2.20. The first-order valence-electron chi connectivity index (χ1n) is 14.3. The quantitative estimate of drug-likeness (QED) is 0.288. The zero-order chi connectivity index (χ0) is 30.7. The smallest absolute Gasteiger partial charge is 0.293 e. The molecule has 10 nitrogen and oxygen atoms in total. The van der Waals surface area contributed by atoms with Crippen molar-refractivity contribution in [3.05, 3.63) is 94.2 Å². The van der Waals surface area contributed by atoms with E-state index in [0.29, 0.717) is 30.2 Å². The van der Waals surface area contributed by atoms with Crippen LogP contribution in [0.2, 0.25) is 0 Å². The second-order valence-electron chi connectivity index (χ2n) is 11.8. The van der Waals surface area contributed by atoms with Gasteiger partial charge in [-0.3, -0.25) is 14.6 Å². The number of pyridine rings is 1. The Morgan fingerprint density at radius 2 is 1.88 bits per heavy atom. The summed E-state index contributed by atoms with van der Waals surface area (Å²) in [6.07, 6.45) is 3.23. The van der Waals surface area contributed by atoms with E-state index in [-0.39, 0.29) is 35.4 Å². The van der Waals surface area contributed by atoms with Gasteiger partial charge in [0, 0.05) is 55.2 Å². The van der Waals surface area contributed by atoms with Gasteiger partial charge in [-0.2, -0.15) is 0 Å². The van der Waals surface area contributed by atoms with E-state index in [1.807, 2.05) is 55.5 Å². The predicted octanol–water partition coefficient (Wildman–Crippen LogP) is 4.64. The Labute approximate surface area is 251 Å². The van der Waals surface area contributed by atoms with E-state index in [4.69, 9.17) is 4.74 Å². The van der Waals surface area contributed by atoms with Crippen LogP contribution in [0, 0.1) is 6.92 Å². The Bertz CT molecular complexity index is 1660. The summed E-state index contributed by atoms with van der Waals surface area (Å²) in [7, 11) is 1.69. The fourth-order valence-corrected chi connectivity index (χ4v) is 4.98. The molecule has 3 N–H and O–H groups in total. The largest absolute Gasteiger partial charge is 0.394 e. The first-order valence-corrected chi connectivity index (χ1v) is 14.3. The van der Waals surface area contributed by atoms with Gasteiger partial charge in [-0.05, 0) is 59.9 Å². The Balaban J connectivity index is 1.35. The number of nitrogens with one attached hydrogen (secondary N) is 2. The second kappa shape index (κ2) is 12.4. The van der Waals surface area contributed by atoms with Crippen LogP contribution in [-0.4, -0.2) is 58.0 Å². The van der Waals surface area contributed by atoms with Crippen LogP contribution in [0.1, 0.15) is 42.4 Å². The molecule has 43 heavy (non-hydrogen) atoms. The standard InChI is InChI=1S/C33H38N6O4/c1-21-26(7-6-8-27(21)37-31(41)28-14-9-22(17-34-28)33(2,3)4)29-19-38(5)32(42)30(36-29)35-23-10-12-24(13-11-23)39-15-16-43-25(18-39)20-40/h6-14,17,19,25,40H,15-16,18,20H2,1-5H3,(H,35,36)(H,37,41). The zero-order valence-corrected chi connectivity index (χ0v) is 25.2. The Morgan fingerprint density at radius 3 is 2.56 bits per heavy atom. The lowest BCUT2D eigenvalue weighted by Crippen LogP contribution is -2.44. The van der Waals surface area contributed by atoms with E-state index < -0.39 is 0 Å². The zero-order valence-electron chi connectivity index (χ0n) is 25.2. The van der Waals surface area contributed by atoms with E-state index in [2.05, 4.69) is 46.3 Å².